The van der Waals surface area contributed by atoms with Gasteiger partial charge in [0.25, 0.3) is 0 Å². The van der Waals surface area contributed by atoms with Gasteiger partial charge in [0.2, 0.25) is 5.88 Å². The van der Waals surface area contributed by atoms with Crippen LogP contribution in [0.3, 0.4) is 0 Å². The molecule has 1 aromatic rings. The molecule has 0 saturated carbocycles. The summed E-state index contributed by atoms with van der Waals surface area (Å²) in [5, 5.41) is 9.27. The van der Waals surface area contributed by atoms with Gasteiger partial charge in [-0.25, -0.2) is 0 Å². The van der Waals surface area contributed by atoms with Crippen LogP contribution in [0.2, 0.25) is 0 Å². The van der Waals surface area contributed by atoms with Crippen molar-refractivity contribution < 1.29 is 9.84 Å². The van der Waals surface area contributed by atoms with E-state index >= 15 is 0 Å². The van der Waals surface area contributed by atoms with E-state index in [0.717, 1.165) is 25.2 Å². The highest BCUT2D eigenvalue weighted by Crippen LogP contribution is 2.24. The normalized spacial score (nSPS) is 20.1. The average Bonchev–Trinajstić information content (AvgIpc) is 2.78. The molecule has 0 spiro atoms. The number of ether oxygens (including phenoxy) is 1. The maximum atomic E-state index is 9.27. The molecule has 2 heterocycles. The summed E-state index contributed by atoms with van der Waals surface area (Å²) in [5.41, 5.74) is 0. The van der Waals surface area contributed by atoms with Crippen molar-refractivity contribution in [1.82, 2.24) is 4.98 Å². The van der Waals surface area contributed by atoms with E-state index in [1.165, 1.54) is 0 Å². The van der Waals surface area contributed by atoms with Crippen molar-refractivity contribution >= 4 is 5.82 Å². The third kappa shape index (κ3) is 2.27. The van der Waals surface area contributed by atoms with E-state index in [4.69, 9.17) is 4.74 Å². The van der Waals surface area contributed by atoms with Crippen molar-refractivity contribution in [2.75, 3.05) is 24.7 Å². The second-order valence-electron chi connectivity index (χ2n) is 3.94. The summed E-state index contributed by atoms with van der Waals surface area (Å²) in [6.07, 6.45) is 2.16. The Kier molecular flexibility index (Phi) is 3.62. The van der Waals surface area contributed by atoms with E-state index in [9.17, 15) is 5.11 Å². The molecule has 16 heavy (non-hydrogen) atoms. The number of anilines is 1. The molecule has 1 saturated heterocycles. The highest BCUT2D eigenvalue weighted by molar-refractivity contribution is 5.43. The molecule has 4 heteroatoms. The van der Waals surface area contributed by atoms with E-state index in [-0.39, 0.29) is 12.6 Å². The van der Waals surface area contributed by atoms with Crippen LogP contribution < -0.4 is 9.64 Å². The molecule has 1 N–H and O–H groups in total. The molecule has 1 aliphatic heterocycles. The lowest BCUT2D eigenvalue weighted by atomic mass is 10.2. The monoisotopic (exact) mass is 222 g/mol. The molecular formula is C12H18N2O2. The number of pyridine rings is 1. The molecule has 0 aromatic carbocycles. The molecule has 0 aliphatic carbocycles. The maximum absolute atomic E-state index is 9.27. The zero-order valence-corrected chi connectivity index (χ0v) is 9.59. The van der Waals surface area contributed by atoms with Crippen LogP contribution in [0, 0.1) is 0 Å². The summed E-state index contributed by atoms with van der Waals surface area (Å²) in [5.74, 6) is 1.56. The van der Waals surface area contributed by atoms with Gasteiger partial charge in [-0.3, -0.25) is 0 Å². The summed E-state index contributed by atoms with van der Waals surface area (Å²) >= 11 is 0. The Bertz CT molecular complexity index is 344. The predicted molar refractivity (Wildman–Crippen MR) is 62.9 cm³/mol. The second-order valence-corrected chi connectivity index (χ2v) is 3.94. The number of nitrogens with zero attached hydrogens (tertiary/aromatic N) is 2. The Labute approximate surface area is 95.9 Å². The van der Waals surface area contributed by atoms with E-state index in [2.05, 4.69) is 9.88 Å². The van der Waals surface area contributed by atoms with Crippen molar-refractivity contribution in [2.45, 2.75) is 25.8 Å². The van der Waals surface area contributed by atoms with Gasteiger partial charge in [0.15, 0.2) is 0 Å². The van der Waals surface area contributed by atoms with Gasteiger partial charge in [-0.05, 0) is 25.8 Å². The Hall–Kier alpha value is -1.29. The van der Waals surface area contributed by atoms with Gasteiger partial charge in [-0.2, -0.15) is 4.98 Å². The second kappa shape index (κ2) is 5.16. The molecule has 1 aliphatic rings. The first-order valence-electron chi connectivity index (χ1n) is 5.82. The lowest BCUT2D eigenvalue weighted by Crippen LogP contribution is -2.32. The van der Waals surface area contributed by atoms with E-state index < -0.39 is 0 Å². The summed E-state index contributed by atoms with van der Waals surface area (Å²) in [6, 6.07) is 5.98. The van der Waals surface area contributed by atoms with Crippen LogP contribution >= 0.6 is 0 Å². The first-order valence-corrected chi connectivity index (χ1v) is 5.82. The van der Waals surface area contributed by atoms with Crippen LogP contribution in [0.5, 0.6) is 5.88 Å². The molecular weight excluding hydrogens is 204 g/mol. The van der Waals surface area contributed by atoms with Crippen molar-refractivity contribution in [3.05, 3.63) is 18.2 Å². The predicted octanol–water partition coefficient (Wildman–Crippen LogP) is 1.44. The summed E-state index contributed by atoms with van der Waals surface area (Å²) < 4.78 is 5.37. The molecule has 0 radical (unpaired) electrons. The van der Waals surface area contributed by atoms with Gasteiger partial charge in [-0.1, -0.05) is 6.07 Å². The molecule has 1 atom stereocenters. The summed E-state index contributed by atoms with van der Waals surface area (Å²) in [6.45, 7) is 3.73. The van der Waals surface area contributed by atoms with E-state index in [1.807, 2.05) is 25.1 Å². The SMILES string of the molecule is CCOc1cccc(N2CCCC2CO)n1. The average molecular weight is 222 g/mol. The van der Waals surface area contributed by atoms with Crippen LogP contribution in [-0.4, -0.2) is 35.9 Å². The van der Waals surface area contributed by atoms with Crippen LogP contribution in [0.1, 0.15) is 19.8 Å². The number of aliphatic hydroxyl groups is 1. The third-order valence-electron chi connectivity index (χ3n) is 2.88. The Balaban J connectivity index is 2.16. The van der Waals surface area contributed by atoms with Crippen molar-refractivity contribution in [2.24, 2.45) is 0 Å². The number of hydrogen-bond donors (Lipinski definition) is 1. The van der Waals surface area contributed by atoms with Crippen LogP contribution in [-0.2, 0) is 0 Å². The first kappa shape index (κ1) is 11.2. The highest BCUT2D eigenvalue weighted by atomic mass is 16.5. The van der Waals surface area contributed by atoms with Crippen LogP contribution in [0.4, 0.5) is 5.82 Å². The standard InChI is InChI=1S/C12H18N2O2/c1-2-16-12-7-3-6-11(13-12)14-8-4-5-10(14)9-15/h3,6-7,10,15H,2,4-5,8-9H2,1H3. The Morgan fingerprint density at radius 2 is 2.44 bits per heavy atom. The Morgan fingerprint density at radius 3 is 3.19 bits per heavy atom. The minimum absolute atomic E-state index is 0.195. The van der Waals surface area contributed by atoms with Crippen molar-refractivity contribution in [3.63, 3.8) is 0 Å². The highest BCUT2D eigenvalue weighted by Gasteiger charge is 2.24. The molecule has 0 bridgehead atoms. The Morgan fingerprint density at radius 1 is 1.56 bits per heavy atom. The minimum atomic E-state index is 0.195. The molecule has 0 amide bonds. The number of aliphatic hydroxyl groups excluding tert-OH is 1. The summed E-state index contributed by atoms with van der Waals surface area (Å²) in [4.78, 5) is 6.59. The number of hydrogen-bond acceptors (Lipinski definition) is 4. The lowest BCUT2D eigenvalue weighted by molar-refractivity contribution is 0.265. The first-order chi connectivity index (χ1) is 7.85. The quantitative estimate of drug-likeness (QED) is 0.837. The molecule has 4 nitrogen and oxygen atoms in total. The van der Waals surface area contributed by atoms with Gasteiger partial charge in [0.05, 0.1) is 19.3 Å². The fraction of sp³-hybridized carbons (Fsp3) is 0.583. The topological polar surface area (TPSA) is 45.6 Å². The van der Waals surface area contributed by atoms with Crippen molar-refractivity contribution in [3.8, 4) is 5.88 Å². The lowest BCUT2D eigenvalue weighted by Gasteiger charge is -2.24. The summed E-state index contributed by atoms with van der Waals surface area (Å²) in [7, 11) is 0. The van der Waals surface area contributed by atoms with E-state index in [1.54, 1.807) is 0 Å². The van der Waals surface area contributed by atoms with Gasteiger partial charge in [0.1, 0.15) is 5.82 Å². The van der Waals surface area contributed by atoms with E-state index in [0.29, 0.717) is 12.5 Å². The van der Waals surface area contributed by atoms with Crippen LogP contribution in [0.25, 0.3) is 0 Å². The molecule has 2 rings (SSSR count). The van der Waals surface area contributed by atoms with Gasteiger partial charge < -0.3 is 14.7 Å². The van der Waals surface area contributed by atoms with Crippen LogP contribution in [0.15, 0.2) is 18.2 Å². The molecule has 1 unspecified atom stereocenters. The fourth-order valence-corrected chi connectivity index (χ4v) is 2.12. The maximum Gasteiger partial charge on any atom is 0.215 e. The minimum Gasteiger partial charge on any atom is -0.478 e. The van der Waals surface area contributed by atoms with Gasteiger partial charge in [0, 0.05) is 12.6 Å². The number of aromatic nitrogens is 1. The molecule has 1 fully saturated rings. The largest absolute Gasteiger partial charge is 0.478 e. The molecule has 1 aromatic heterocycles. The molecule has 88 valence electrons. The fourth-order valence-electron chi connectivity index (χ4n) is 2.12. The third-order valence-corrected chi connectivity index (χ3v) is 2.88. The zero-order valence-electron chi connectivity index (χ0n) is 9.59. The van der Waals surface area contributed by atoms with Crippen molar-refractivity contribution in [1.29, 1.82) is 0 Å². The number of rotatable bonds is 4. The van der Waals surface area contributed by atoms with Gasteiger partial charge >= 0.3 is 0 Å². The zero-order chi connectivity index (χ0) is 11.4. The van der Waals surface area contributed by atoms with Gasteiger partial charge in [-0.15, -0.1) is 0 Å². The smallest absolute Gasteiger partial charge is 0.215 e.